The summed E-state index contributed by atoms with van der Waals surface area (Å²) in [6, 6.07) is 4.25. The van der Waals surface area contributed by atoms with Gasteiger partial charge in [-0.25, -0.2) is 4.98 Å². The van der Waals surface area contributed by atoms with E-state index in [1.807, 2.05) is 12.1 Å². The van der Waals surface area contributed by atoms with Crippen LogP contribution in [0.25, 0.3) is 0 Å². The quantitative estimate of drug-likeness (QED) is 0.852. The molecule has 0 spiro atoms. The van der Waals surface area contributed by atoms with Crippen molar-refractivity contribution < 1.29 is 9.90 Å². The Balaban J connectivity index is 1.68. The minimum absolute atomic E-state index is 0.194. The number of nitrogens with one attached hydrogen (secondary N) is 1. The van der Waals surface area contributed by atoms with Crippen molar-refractivity contribution in [3.63, 3.8) is 0 Å². The van der Waals surface area contributed by atoms with E-state index in [4.69, 9.17) is 0 Å². The highest BCUT2D eigenvalue weighted by molar-refractivity contribution is 5.77. The molecule has 0 radical (unpaired) electrons. The standard InChI is InChI=1S/C15H21N3O2/c1-10(19)11-2-4-14(16-8-11)18-7-6-13-12(9-18)3-5-15(20)17-13/h2,4,8,10,12-13,19H,3,5-7,9H2,1H3,(H,17,20). The number of carbonyl (C=O) groups is 1. The van der Waals surface area contributed by atoms with Crippen molar-refractivity contribution >= 4 is 11.7 Å². The molecule has 2 fully saturated rings. The first-order valence-electron chi connectivity index (χ1n) is 7.32. The number of aromatic nitrogens is 1. The highest BCUT2D eigenvalue weighted by Crippen LogP contribution is 2.28. The summed E-state index contributed by atoms with van der Waals surface area (Å²) in [4.78, 5) is 18.1. The van der Waals surface area contributed by atoms with Gasteiger partial charge in [-0.3, -0.25) is 4.79 Å². The molecule has 20 heavy (non-hydrogen) atoms. The normalized spacial score (nSPS) is 27.7. The Morgan fingerprint density at radius 3 is 3.00 bits per heavy atom. The number of amides is 1. The number of hydrogen-bond donors (Lipinski definition) is 2. The van der Waals surface area contributed by atoms with E-state index in [-0.39, 0.29) is 5.91 Å². The van der Waals surface area contributed by atoms with Gasteiger partial charge in [-0.2, -0.15) is 0 Å². The van der Waals surface area contributed by atoms with Crippen LogP contribution in [0.4, 0.5) is 5.82 Å². The maximum absolute atomic E-state index is 11.4. The molecule has 0 aliphatic carbocycles. The highest BCUT2D eigenvalue weighted by atomic mass is 16.3. The number of aliphatic hydroxyl groups is 1. The predicted molar refractivity (Wildman–Crippen MR) is 76.4 cm³/mol. The van der Waals surface area contributed by atoms with Crippen LogP contribution < -0.4 is 10.2 Å². The van der Waals surface area contributed by atoms with Crippen LogP contribution in [-0.2, 0) is 4.79 Å². The number of nitrogens with zero attached hydrogens (tertiary/aromatic N) is 2. The summed E-state index contributed by atoms with van der Waals surface area (Å²) >= 11 is 0. The molecule has 2 aliphatic heterocycles. The van der Waals surface area contributed by atoms with Crippen LogP contribution >= 0.6 is 0 Å². The number of pyridine rings is 1. The van der Waals surface area contributed by atoms with Gasteiger partial charge in [-0.15, -0.1) is 0 Å². The lowest BCUT2D eigenvalue weighted by molar-refractivity contribution is -0.124. The van der Waals surface area contributed by atoms with Gasteiger partial charge in [0.1, 0.15) is 5.82 Å². The summed E-state index contributed by atoms with van der Waals surface area (Å²) in [7, 11) is 0. The van der Waals surface area contributed by atoms with Gasteiger partial charge < -0.3 is 15.3 Å². The van der Waals surface area contributed by atoms with E-state index >= 15 is 0 Å². The number of hydrogen-bond acceptors (Lipinski definition) is 4. The van der Waals surface area contributed by atoms with Crippen LogP contribution in [0.5, 0.6) is 0 Å². The van der Waals surface area contributed by atoms with Crippen molar-refractivity contribution in [2.45, 2.75) is 38.3 Å². The first kappa shape index (κ1) is 13.4. The molecule has 3 rings (SSSR count). The molecule has 0 bridgehead atoms. The highest BCUT2D eigenvalue weighted by Gasteiger charge is 2.34. The fraction of sp³-hybridized carbons (Fsp3) is 0.600. The molecule has 108 valence electrons. The van der Waals surface area contributed by atoms with Crippen molar-refractivity contribution in [3.8, 4) is 0 Å². The Morgan fingerprint density at radius 2 is 2.30 bits per heavy atom. The second kappa shape index (κ2) is 5.40. The molecule has 5 nitrogen and oxygen atoms in total. The molecule has 2 aliphatic rings. The summed E-state index contributed by atoms with van der Waals surface area (Å²) in [6.45, 7) is 3.61. The minimum atomic E-state index is -0.476. The van der Waals surface area contributed by atoms with Gasteiger partial charge in [-0.05, 0) is 37.3 Å². The van der Waals surface area contributed by atoms with Gasteiger partial charge in [0.05, 0.1) is 6.10 Å². The van der Waals surface area contributed by atoms with Crippen molar-refractivity contribution in [1.29, 1.82) is 0 Å². The Morgan fingerprint density at radius 1 is 1.45 bits per heavy atom. The van der Waals surface area contributed by atoms with E-state index in [0.717, 1.165) is 37.3 Å². The van der Waals surface area contributed by atoms with Gasteiger partial charge >= 0.3 is 0 Å². The number of rotatable bonds is 2. The molecule has 2 saturated heterocycles. The van der Waals surface area contributed by atoms with Crippen molar-refractivity contribution in [2.75, 3.05) is 18.0 Å². The summed E-state index contributed by atoms with van der Waals surface area (Å²) in [6.07, 6.45) is 3.86. The second-order valence-electron chi connectivity index (χ2n) is 5.83. The molecule has 0 saturated carbocycles. The predicted octanol–water partition coefficient (Wildman–Crippen LogP) is 1.24. The first-order valence-corrected chi connectivity index (χ1v) is 7.32. The second-order valence-corrected chi connectivity index (χ2v) is 5.83. The monoisotopic (exact) mass is 275 g/mol. The summed E-state index contributed by atoms with van der Waals surface area (Å²) in [5, 5.41) is 12.6. The lowest BCUT2D eigenvalue weighted by Crippen LogP contribution is -2.54. The van der Waals surface area contributed by atoms with Gasteiger partial charge in [0.15, 0.2) is 0 Å². The Labute approximate surface area is 119 Å². The van der Waals surface area contributed by atoms with Crippen molar-refractivity contribution in [2.24, 2.45) is 5.92 Å². The lowest BCUT2D eigenvalue weighted by atomic mass is 9.85. The third kappa shape index (κ3) is 2.63. The zero-order valence-electron chi connectivity index (χ0n) is 11.7. The van der Waals surface area contributed by atoms with Crippen LogP contribution in [-0.4, -0.2) is 35.1 Å². The molecule has 3 atom stereocenters. The summed E-state index contributed by atoms with van der Waals surface area (Å²) < 4.78 is 0. The van der Waals surface area contributed by atoms with Crippen LogP contribution in [0.2, 0.25) is 0 Å². The third-order valence-corrected chi connectivity index (χ3v) is 4.40. The maximum Gasteiger partial charge on any atom is 0.220 e. The van der Waals surface area contributed by atoms with Gasteiger partial charge in [0, 0.05) is 31.7 Å². The van der Waals surface area contributed by atoms with Gasteiger partial charge in [0.2, 0.25) is 5.91 Å². The van der Waals surface area contributed by atoms with E-state index in [1.54, 1.807) is 13.1 Å². The summed E-state index contributed by atoms with van der Waals surface area (Å²) in [5.74, 6) is 1.68. The average Bonchev–Trinajstić information content (AvgIpc) is 2.47. The topological polar surface area (TPSA) is 65.5 Å². The van der Waals surface area contributed by atoms with Gasteiger partial charge in [0.25, 0.3) is 0 Å². The largest absolute Gasteiger partial charge is 0.389 e. The number of carbonyl (C=O) groups excluding carboxylic acids is 1. The SMILES string of the molecule is CC(O)c1ccc(N2CCC3NC(=O)CCC3C2)nc1. The van der Waals surface area contributed by atoms with E-state index in [9.17, 15) is 9.90 Å². The van der Waals surface area contributed by atoms with Crippen LogP contribution in [0.3, 0.4) is 0 Å². The fourth-order valence-corrected chi connectivity index (χ4v) is 3.15. The van der Waals surface area contributed by atoms with Crippen molar-refractivity contribution in [3.05, 3.63) is 23.9 Å². The molecule has 1 amide bonds. The third-order valence-electron chi connectivity index (χ3n) is 4.40. The molecular weight excluding hydrogens is 254 g/mol. The Hall–Kier alpha value is -1.62. The molecule has 3 heterocycles. The van der Waals surface area contributed by atoms with Gasteiger partial charge in [-0.1, -0.05) is 6.07 Å². The molecule has 5 heteroatoms. The smallest absolute Gasteiger partial charge is 0.220 e. The zero-order chi connectivity index (χ0) is 14.1. The number of anilines is 1. The molecule has 3 unspecified atom stereocenters. The molecular formula is C15H21N3O2. The van der Waals surface area contributed by atoms with E-state index in [0.29, 0.717) is 18.4 Å². The van der Waals surface area contributed by atoms with Crippen molar-refractivity contribution in [1.82, 2.24) is 10.3 Å². The zero-order valence-corrected chi connectivity index (χ0v) is 11.7. The Bertz CT molecular complexity index is 486. The minimum Gasteiger partial charge on any atom is -0.389 e. The average molecular weight is 275 g/mol. The maximum atomic E-state index is 11.4. The summed E-state index contributed by atoms with van der Waals surface area (Å²) in [5.41, 5.74) is 0.841. The molecule has 1 aromatic heterocycles. The molecule has 0 aromatic carbocycles. The van der Waals surface area contributed by atoms with Crippen LogP contribution in [0.1, 0.15) is 37.9 Å². The molecule has 2 N–H and O–H groups in total. The van der Waals surface area contributed by atoms with E-state index in [2.05, 4.69) is 15.2 Å². The van der Waals surface area contributed by atoms with Crippen LogP contribution in [0, 0.1) is 5.92 Å². The number of aliphatic hydroxyl groups excluding tert-OH is 1. The number of fused-ring (bicyclic) bond motifs is 1. The lowest BCUT2D eigenvalue weighted by Gasteiger charge is -2.41. The first-order chi connectivity index (χ1) is 9.63. The van der Waals surface area contributed by atoms with Crippen LogP contribution in [0.15, 0.2) is 18.3 Å². The van der Waals surface area contributed by atoms with E-state index in [1.165, 1.54) is 0 Å². The fourth-order valence-electron chi connectivity index (χ4n) is 3.15. The Kier molecular flexibility index (Phi) is 3.61. The molecule has 1 aromatic rings. The van der Waals surface area contributed by atoms with E-state index < -0.39 is 6.10 Å². The number of piperidine rings is 2.